The molecule has 0 saturated carbocycles. The van der Waals surface area contributed by atoms with E-state index in [0.29, 0.717) is 0 Å². The van der Waals surface area contributed by atoms with Crippen LogP contribution in [0.3, 0.4) is 0 Å². The maximum atomic E-state index is 5.10. The predicted octanol–water partition coefficient (Wildman–Crippen LogP) is 4.43. The van der Waals surface area contributed by atoms with E-state index in [1.54, 1.807) is 0 Å². The van der Waals surface area contributed by atoms with Crippen molar-refractivity contribution in [3.63, 3.8) is 0 Å². The van der Waals surface area contributed by atoms with Crippen molar-refractivity contribution in [3.05, 3.63) is 77.5 Å². The smallest absolute Gasteiger partial charge is 0.153 e. The summed E-state index contributed by atoms with van der Waals surface area (Å²) in [5, 5.41) is 0. The number of benzene rings is 2. The Morgan fingerprint density at radius 1 is 0.821 bits per heavy atom. The van der Waals surface area contributed by atoms with Crippen molar-refractivity contribution in [2.24, 2.45) is 0 Å². The lowest BCUT2D eigenvalue weighted by Crippen LogP contribution is -2.46. The molecule has 1 aliphatic heterocycles. The van der Waals surface area contributed by atoms with E-state index in [1.165, 1.54) is 27.7 Å². The van der Waals surface area contributed by atoms with Gasteiger partial charge in [0.25, 0.3) is 0 Å². The standard InChI is InChI=1S/C24H26N4/c1-18-15-21-23(16-19(18)2)28-10-6-9-22(28)24(25-21)27-13-11-26(12-14-27)17-20-7-4-3-5-8-20/h3-10,15-16H,11-14,17H2,1-2H3. The first-order valence-corrected chi connectivity index (χ1v) is 10.1. The molecule has 28 heavy (non-hydrogen) atoms. The normalized spacial score (nSPS) is 15.6. The van der Waals surface area contributed by atoms with Gasteiger partial charge in [0.05, 0.1) is 16.6 Å². The van der Waals surface area contributed by atoms with Crippen LogP contribution in [-0.4, -0.2) is 40.5 Å². The van der Waals surface area contributed by atoms with E-state index in [9.17, 15) is 0 Å². The van der Waals surface area contributed by atoms with Crippen molar-refractivity contribution < 1.29 is 0 Å². The quantitative estimate of drug-likeness (QED) is 0.533. The van der Waals surface area contributed by atoms with Gasteiger partial charge in [-0.1, -0.05) is 30.3 Å². The van der Waals surface area contributed by atoms with Gasteiger partial charge in [0.2, 0.25) is 0 Å². The molecule has 4 nitrogen and oxygen atoms in total. The molecule has 4 aromatic rings. The van der Waals surface area contributed by atoms with E-state index in [-0.39, 0.29) is 0 Å². The van der Waals surface area contributed by atoms with E-state index in [2.05, 4.69) is 88.8 Å². The number of aromatic nitrogens is 2. The molecule has 0 bridgehead atoms. The van der Waals surface area contributed by atoms with Crippen molar-refractivity contribution in [2.75, 3.05) is 31.1 Å². The van der Waals surface area contributed by atoms with Gasteiger partial charge >= 0.3 is 0 Å². The third-order valence-corrected chi connectivity index (χ3v) is 5.98. The number of nitrogens with zero attached hydrogens (tertiary/aromatic N) is 4. The Balaban J connectivity index is 1.43. The molecule has 1 fully saturated rings. The van der Waals surface area contributed by atoms with Crippen LogP contribution in [0.4, 0.5) is 5.82 Å². The third kappa shape index (κ3) is 3.04. The zero-order chi connectivity index (χ0) is 19.1. The number of rotatable bonds is 3. The largest absolute Gasteiger partial charge is 0.352 e. The lowest BCUT2D eigenvalue weighted by atomic mass is 10.1. The highest BCUT2D eigenvalue weighted by atomic mass is 15.3. The van der Waals surface area contributed by atoms with Crippen LogP contribution in [0.5, 0.6) is 0 Å². The molecule has 142 valence electrons. The molecular weight excluding hydrogens is 344 g/mol. The molecule has 0 spiro atoms. The maximum absolute atomic E-state index is 5.10. The SMILES string of the molecule is Cc1cc2nc(N3CCN(Cc4ccccc4)CC3)c3cccn3c2cc1C. The second kappa shape index (κ2) is 6.95. The van der Waals surface area contributed by atoms with Gasteiger partial charge in [0.1, 0.15) is 0 Å². The first-order valence-electron chi connectivity index (χ1n) is 10.1. The molecule has 0 N–H and O–H groups in total. The average molecular weight is 371 g/mol. The molecule has 3 heterocycles. The zero-order valence-corrected chi connectivity index (χ0v) is 16.6. The first-order chi connectivity index (χ1) is 13.7. The minimum atomic E-state index is 1.01. The molecular formula is C24H26N4. The van der Waals surface area contributed by atoms with Crippen LogP contribution in [0.15, 0.2) is 60.8 Å². The highest BCUT2D eigenvalue weighted by Crippen LogP contribution is 2.28. The highest BCUT2D eigenvalue weighted by Gasteiger charge is 2.21. The summed E-state index contributed by atoms with van der Waals surface area (Å²) in [4.78, 5) is 10.1. The van der Waals surface area contributed by atoms with Gasteiger partial charge in [0, 0.05) is 38.9 Å². The van der Waals surface area contributed by atoms with Gasteiger partial charge in [-0.2, -0.15) is 0 Å². The number of anilines is 1. The van der Waals surface area contributed by atoms with E-state index < -0.39 is 0 Å². The Morgan fingerprint density at radius 3 is 2.36 bits per heavy atom. The fourth-order valence-corrected chi connectivity index (χ4v) is 4.20. The minimum absolute atomic E-state index is 1.01. The molecule has 0 unspecified atom stereocenters. The van der Waals surface area contributed by atoms with Gasteiger partial charge in [-0.05, 0) is 54.8 Å². The van der Waals surface area contributed by atoms with Crippen LogP contribution in [0.2, 0.25) is 0 Å². The van der Waals surface area contributed by atoms with Crippen LogP contribution in [-0.2, 0) is 6.54 Å². The Morgan fingerprint density at radius 2 is 1.57 bits per heavy atom. The first kappa shape index (κ1) is 17.3. The lowest BCUT2D eigenvalue weighted by Gasteiger charge is -2.35. The second-order valence-corrected chi connectivity index (χ2v) is 7.87. The Labute approximate surface area is 166 Å². The Bertz CT molecular complexity index is 1120. The fourth-order valence-electron chi connectivity index (χ4n) is 4.20. The minimum Gasteiger partial charge on any atom is -0.352 e. The van der Waals surface area contributed by atoms with Gasteiger partial charge < -0.3 is 9.30 Å². The maximum Gasteiger partial charge on any atom is 0.153 e. The molecule has 5 rings (SSSR count). The van der Waals surface area contributed by atoms with E-state index in [0.717, 1.165) is 44.1 Å². The number of hydrogen-bond donors (Lipinski definition) is 0. The van der Waals surface area contributed by atoms with Crippen LogP contribution in [0.1, 0.15) is 16.7 Å². The van der Waals surface area contributed by atoms with Crippen LogP contribution < -0.4 is 4.90 Å². The molecule has 2 aromatic heterocycles. The summed E-state index contributed by atoms with van der Waals surface area (Å²) in [6, 6.07) is 19.5. The fraction of sp³-hybridized carbons (Fsp3) is 0.292. The van der Waals surface area contributed by atoms with Gasteiger partial charge in [-0.25, -0.2) is 4.98 Å². The van der Waals surface area contributed by atoms with E-state index >= 15 is 0 Å². The van der Waals surface area contributed by atoms with Gasteiger partial charge in [0.15, 0.2) is 5.82 Å². The predicted molar refractivity (Wildman–Crippen MR) is 116 cm³/mol. The molecule has 1 aliphatic rings. The van der Waals surface area contributed by atoms with Crippen molar-refractivity contribution in [2.45, 2.75) is 20.4 Å². The summed E-state index contributed by atoms with van der Waals surface area (Å²) in [5.41, 5.74) is 7.46. The number of aryl methyl sites for hydroxylation is 2. The summed E-state index contributed by atoms with van der Waals surface area (Å²) in [6.45, 7) is 9.51. The molecule has 0 atom stereocenters. The monoisotopic (exact) mass is 370 g/mol. The molecule has 0 aliphatic carbocycles. The molecule has 2 aromatic carbocycles. The van der Waals surface area contributed by atoms with Crippen LogP contribution >= 0.6 is 0 Å². The number of hydrogen-bond acceptors (Lipinski definition) is 3. The molecule has 0 amide bonds. The van der Waals surface area contributed by atoms with Crippen LogP contribution in [0, 0.1) is 13.8 Å². The van der Waals surface area contributed by atoms with Crippen molar-refractivity contribution in [1.82, 2.24) is 14.3 Å². The van der Waals surface area contributed by atoms with Crippen LogP contribution in [0.25, 0.3) is 16.6 Å². The van der Waals surface area contributed by atoms with Gasteiger partial charge in [-0.3, -0.25) is 4.90 Å². The summed E-state index contributed by atoms with van der Waals surface area (Å²) < 4.78 is 2.29. The summed E-state index contributed by atoms with van der Waals surface area (Å²) in [6.07, 6.45) is 2.16. The van der Waals surface area contributed by atoms with E-state index in [4.69, 9.17) is 4.98 Å². The van der Waals surface area contributed by atoms with Crippen molar-refractivity contribution in [3.8, 4) is 0 Å². The zero-order valence-electron chi connectivity index (χ0n) is 16.6. The van der Waals surface area contributed by atoms with Gasteiger partial charge in [-0.15, -0.1) is 0 Å². The number of fused-ring (bicyclic) bond motifs is 3. The Hall–Kier alpha value is -2.85. The molecule has 1 saturated heterocycles. The summed E-state index contributed by atoms with van der Waals surface area (Å²) >= 11 is 0. The topological polar surface area (TPSA) is 23.8 Å². The Kier molecular flexibility index (Phi) is 4.29. The molecule has 4 heteroatoms. The third-order valence-electron chi connectivity index (χ3n) is 5.98. The second-order valence-electron chi connectivity index (χ2n) is 7.87. The lowest BCUT2D eigenvalue weighted by molar-refractivity contribution is 0.249. The molecule has 0 radical (unpaired) electrons. The highest BCUT2D eigenvalue weighted by molar-refractivity contribution is 5.86. The van der Waals surface area contributed by atoms with Crippen molar-refractivity contribution >= 4 is 22.4 Å². The van der Waals surface area contributed by atoms with E-state index in [1.807, 2.05) is 0 Å². The number of piperazine rings is 1. The summed E-state index contributed by atoms with van der Waals surface area (Å²) in [7, 11) is 0. The summed E-state index contributed by atoms with van der Waals surface area (Å²) in [5.74, 6) is 1.11. The van der Waals surface area contributed by atoms with Crippen molar-refractivity contribution in [1.29, 1.82) is 0 Å². The average Bonchev–Trinajstić information content (AvgIpc) is 3.20.